The molecule has 10 heavy (non-hydrogen) atoms. The minimum atomic E-state index is 0.743. The van der Waals surface area contributed by atoms with Crippen LogP contribution in [0.5, 0.6) is 0 Å². The van der Waals surface area contributed by atoms with E-state index in [-0.39, 0.29) is 0 Å². The molecule has 0 atom stereocenters. The quantitative estimate of drug-likeness (QED) is 0.603. The third-order valence-corrected chi connectivity index (χ3v) is 2.33. The molecule has 0 amide bonds. The van der Waals surface area contributed by atoms with Gasteiger partial charge in [-0.3, -0.25) is 0 Å². The average molecular weight is 153 g/mol. The predicted molar refractivity (Wildman–Crippen MR) is 41.4 cm³/mol. The number of hydrogen-bond acceptors (Lipinski definition) is 3. The molecule has 0 fully saturated rings. The van der Waals surface area contributed by atoms with Gasteiger partial charge in [0.1, 0.15) is 12.3 Å². The van der Waals surface area contributed by atoms with E-state index < -0.39 is 0 Å². The minimum absolute atomic E-state index is 0.743. The second-order valence-electron chi connectivity index (χ2n) is 2.10. The Hall–Kier alpha value is -0.830. The monoisotopic (exact) mass is 153 g/mol. The molecular weight excluding hydrogens is 146 g/mol. The molecule has 0 spiro atoms. The van der Waals surface area contributed by atoms with Crippen molar-refractivity contribution < 1.29 is 4.84 Å². The Labute approximate surface area is 63.1 Å². The van der Waals surface area contributed by atoms with E-state index in [1.807, 2.05) is 6.07 Å². The van der Waals surface area contributed by atoms with Gasteiger partial charge in [-0.25, -0.2) is 0 Å². The van der Waals surface area contributed by atoms with E-state index in [1.54, 1.807) is 11.3 Å². The molecule has 0 bridgehead atoms. The van der Waals surface area contributed by atoms with Crippen molar-refractivity contribution in [3.63, 3.8) is 0 Å². The zero-order chi connectivity index (χ0) is 6.81. The Kier molecular flexibility index (Phi) is 1.43. The SMILES string of the molecule is c1csc(C2=NOCC2)c1. The van der Waals surface area contributed by atoms with Gasteiger partial charge in [0.15, 0.2) is 0 Å². The summed E-state index contributed by atoms with van der Waals surface area (Å²) in [6, 6.07) is 4.10. The molecule has 0 saturated carbocycles. The van der Waals surface area contributed by atoms with Crippen LogP contribution in [0.4, 0.5) is 0 Å². The van der Waals surface area contributed by atoms with E-state index in [0.29, 0.717) is 0 Å². The Balaban J connectivity index is 2.28. The first-order chi connectivity index (χ1) is 4.97. The van der Waals surface area contributed by atoms with Gasteiger partial charge >= 0.3 is 0 Å². The van der Waals surface area contributed by atoms with Crippen LogP contribution in [0.3, 0.4) is 0 Å². The molecule has 2 rings (SSSR count). The summed E-state index contributed by atoms with van der Waals surface area (Å²) in [5.74, 6) is 0. The second kappa shape index (κ2) is 2.42. The van der Waals surface area contributed by atoms with E-state index in [0.717, 1.165) is 18.7 Å². The van der Waals surface area contributed by atoms with Crippen molar-refractivity contribution in [2.24, 2.45) is 5.16 Å². The van der Waals surface area contributed by atoms with Crippen LogP contribution in [0, 0.1) is 0 Å². The molecule has 0 aromatic carbocycles. The van der Waals surface area contributed by atoms with Gasteiger partial charge in [0.05, 0.1) is 4.88 Å². The van der Waals surface area contributed by atoms with Crippen LogP contribution in [0.1, 0.15) is 11.3 Å². The van der Waals surface area contributed by atoms with Crippen molar-refractivity contribution in [2.75, 3.05) is 6.61 Å². The normalized spacial score (nSPS) is 16.6. The molecule has 0 saturated heterocycles. The molecular formula is C7H7NOS. The Morgan fingerprint density at radius 3 is 3.20 bits per heavy atom. The summed E-state index contributed by atoms with van der Waals surface area (Å²) >= 11 is 1.71. The van der Waals surface area contributed by atoms with Crippen molar-refractivity contribution in [3.8, 4) is 0 Å². The smallest absolute Gasteiger partial charge is 0.122 e. The summed E-state index contributed by atoms with van der Waals surface area (Å²) in [6.07, 6.45) is 0.959. The fourth-order valence-corrected chi connectivity index (χ4v) is 1.66. The maximum Gasteiger partial charge on any atom is 0.122 e. The molecule has 0 radical (unpaired) electrons. The zero-order valence-corrected chi connectivity index (χ0v) is 6.23. The van der Waals surface area contributed by atoms with Crippen LogP contribution in [0.2, 0.25) is 0 Å². The standard InChI is InChI=1S/C7H7NOS/c1-2-7(10-5-1)6-3-4-9-8-6/h1-2,5H,3-4H2. The largest absolute Gasteiger partial charge is 0.395 e. The third kappa shape index (κ3) is 0.926. The van der Waals surface area contributed by atoms with E-state index in [2.05, 4.69) is 16.6 Å². The highest BCUT2D eigenvalue weighted by molar-refractivity contribution is 7.12. The molecule has 1 aromatic rings. The third-order valence-electron chi connectivity index (χ3n) is 1.41. The maximum atomic E-state index is 4.88. The van der Waals surface area contributed by atoms with Gasteiger partial charge in [0, 0.05) is 6.42 Å². The Morgan fingerprint density at radius 2 is 2.60 bits per heavy atom. The van der Waals surface area contributed by atoms with Crippen molar-refractivity contribution in [1.82, 2.24) is 0 Å². The number of oxime groups is 1. The fraction of sp³-hybridized carbons (Fsp3) is 0.286. The van der Waals surface area contributed by atoms with Crippen LogP contribution in [0.25, 0.3) is 0 Å². The summed E-state index contributed by atoms with van der Waals surface area (Å²) in [6.45, 7) is 0.743. The van der Waals surface area contributed by atoms with Gasteiger partial charge in [-0.2, -0.15) is 0 Å². The van der Waals surface area contributed by atoms with Gasteiger partial charge < -0.3 is 4.84 Å². The Bertz CT molecular complexity index is 240. The fourth-order valence-electron chi connectivity index (χ4n) is 0.922. The Morgan fingerprint density at radius 1 is 1.60 bits per heavy atom. The first kappa shape index (κ1) is 5.92. The van der Waals surface area contributed by atoms with Gasteiger partial charge in [-0.1, -0.05) is 11.2 Å². The van der Waals surface area contributed by atoms with E-state index in [9.17, 15) is 0 Å². The lowest BCUT2D eigenvalue weighted by Gasteiger charge is -1.86. The summed E-state index contributed by atoms with van der Waals surface area (Å²) in [5.41, 5.74) is 1.09. The van der Waals surface area contributed by atoms with Gasteiger partial charge in [0.25, 0.3) is 0 Å². The maximum absolute atomic E-state index is 4.88. The highest BCUT2D eigenvalue weighted by atomic mass is 32.1. The first-order valence-corrected chi connectivity index (χ1v) is 4.07. The van der Waals surface area contributed by atoms with Crippen LogP contribution in [-0.4, -0.2) is 12.3 Å². The summed E-state index contributed by atoms with van der Waals surface area (Å²) in [4.78, 5) is 6.11. The van der Waals surface area contributed by atoms with Crippen molar-refractivity contribution >= 4 is 17.0 Å². The summed E-state index contributed by atoms with van der Waals surface area (Å²) < 4.78 is 0. The van der Waals surface area contributed by atoms with Gasteiger partial charge in [0.2, 0.25) is 0 Å². The highest BCUT2D eigenvalue weighted by Gasteiger charge is 2.10. The molecule has 1 aliphatic rings. The summed E-state index contributed by atoms with van der Waals surface area (Å²) in [7, 11) is 0. The van der Waals surface area contributed by atoms with Crippen molar-refractivity contribution in [1.29, 1.82) is 0 Å². The lowest BCUT2D eigenvalue weighted by molar-refractivity contribution is 0.174. The number of rotatable bonds is 1. The van der Waals surface area contributed by atoms with Gasteiger partial charge in [-0.15, -0.1) is 11.3 Å². The zero-order valence-electron chi connectivity index (χ0n) is 5.41. The molecule has 52 valence electrons. The minimum Gasteiger partial charge on any atom is -0.395 e. The molecule has 1 aromatic heterocycles. The first-order valence-electron chi connectivity index (χ1n) is 3.19. The second-order valence-corrected chi connectivity index (χ2v) is 3.05. The van der Waals surface area contributed by atoms with Crippen molar-refractivity contribution in [3.05, 3.63) is 22.4 Å². The van der Waals surface area contributed by atoms with E-state index >= 15 is 0 Å². The van der Waals surface area contributed by atoms with Gasteiger partial charge in [-0.05, 0) is 11.4 Å². The topological polar surface area (TPSA) is 21.6 Å². The number of hydrogen-bond donors (Lipinski definition) is 0. The molecule has 2 nitrogen and oxygen atoms in total. The molecule has 2 heterocycles. The number of thiophene rings is 1. The van der Waals surface area contributed by atoms with Crippen LogP contribution < -0.4 is 0 Å². The average Bonchev–Trinajstić information content (AvgIpc) is 2.59. The molecule has 0 aliphatic carbocycles. The predicted octanol–water partition coefficient (Wildman–Crippen LogP) is 1.87. The van der Waals surface area contributed by atoms with Crippen LogP contribution >= 0.6 is 11.3 Å². The molecule has 1 aliphatic heterocycles. The lowest BCUT2D eigenvalue weighted by atomic mass is 10.2. The highest BCUT2D eigenvalue weighted by Crippen LogP contribution is 2.15. The molecule has 0 N–H and O–H groups in total. The van der Waals surface area contributed by atoms with Crippen LogP contribution in [-0.2, 0) is 4.84 Å². The lowest BCUT2D eigenvalue weighted by Crippen LogP contribution is -1.91. The van der Waals surface area contributed by atoms with Crippen LogP contribution in [0.15, 0.2) is 22.7 Å². The molecule has 0 unspecified atom stereocenters. The molecule has 3 heteroatoms. The number of nitrogens with zero attached hydrogens (tertiary/aromatic N) is 1. The summed E-state index contributed by atoms with van der Waals surface area (Å²) in [5, 5.41) is 5.96. The van der Waals surface area contributed by atoms with E-state index in [4.69, 9.17) is 4.84 Å². The van der Waals surface area contributed by atoms with Crippen molar-refractivity contribution in [2.45, 2.75) is 6.42 Å². The van der Waals surface area contributed by atoms with E-state index in [1.165, 1.54) is 4.88 Å².